The van der Waals surface area contributed by atoms with Crippen LogP contribution in [0.5, 0.6) is 0 Å². The second kappa shape index (κ2) is 8.03. The van der Waals surface area contributed by atoms with Gasteiger partial charge >= 0.3 is 0 Å². The number of hydrogen-bond acceptors (Lipinski definition) is 4. The summed E-state index contributed by atoms with van der Waals surface area (Å²) in [6.45, 7) is 5.51. The van der Waals surface area contributed by atoms with Crippen LogP contribution in [0.3, 0.4) is 0 Å². The Balaban J connectivity index is 2.26. The van der Waals surface area contributed by atoms with Crippen molar-refractivity contribution < 1.29 is 9.47 Å². The fourth-order valence-electron chi connectivity index (χ4n) is 2.40. The zero-order chi connectivity index (χ0) is 12.6. The maximum atomic E-state index is 5.89. The molecule has 0 spiro atoms. The minimum absolute atomic E-state index is 0.443. The van der Waals surface area contributed by atoms with E-state index in [2.05, 4.69) is 4.90 Å². The molecule has 0 aromatic carbocycles. The summed E-state index contributed by atoms with van der Waals surface area (Å²) in [5.74, 6) is 0. The highest BCUT2D eigenvalue weighted by molar-refractivity contribution is 4.89. The van der Waals surface area contributed by atoms with E-state index in [1.807, 2.05) is 0 Å². The van der Waals surface area contributed by atoms with Gasteiger partial charge in [0.1, 0.15) is 0 Å². The zero-order valence-electron chi connectivity index (χ0n) is 11.4. The molecule has 2 N–H and O–H groups in total. The van der Waals surface area contributed by atoms with Crippen molar-refractivity contribution in [2.75, 3.05) is 53.6 Å². The van der Waals surface area contributed by atoms with Gasteiger partial charge in [-0.1, -0.05) is 6.42 Å². The molecule has 1 fully saturated rings. The van der Waals surface area contributed by atoms with Crippen LogP contribution in [0.25, 0.3) is 0 Å². The van der Waals surface area contributed by atoms with Crippen LogP contribution in [-0.4, -0.2) is 58.5 Å². The molecule has 0 bridgehead atoms. The molecule has 102 valence electrons. The predicted octanol–water partition coefficient (Wildman–Crippen LogP) is 1.10. The summed E-state index contributed by atoms with van der Waals surface area (Å²) in [5.41, 5.74) is 6.33. The first-order chi connectivity index (χ1) is 8.26. The lowest BCUT2D eigenvalue weighted by Gasteiger charge is -2.42. The van der Waals surface area contributed by atoms with E-state index >= 15 is 0 Å². The van der Waals surface area contributed by atoms with E-state index in [9.17, 15) is 0 Å². The van der Waals surface area contributed by atoms with Crippen LogP contribution < -0.4 is 5.73 Å². The van der Waals surface area contributed by atoms with Gasteiger partial charge in [0.2, 0.25) is 0 Å². The molecule has 4 heteroatoms. The summed E-state index contributed by atoms with van der Waals surface area (Å²) in [6.07, 6.45) is 5.20. The van der Waals surface area contributed by atoms with Gasteiger partial charge in [0, 0.05) is 27.3 Å². The van der Waals surface area contributed by atoms with Gasteiger partial charge in [-0.25, -0.2) is 0 Å². The SMILES string of the molecule is COCCN(CCOC)CCC1(CN)CCC1. The fourth-order valence-corrected chi connectivity index (χ4v) is 2.40. The van der Waals surface area contributed by atoms with E-state index in [1.54, 1.807) is 14.2 Å². The first-order valence-electron chi connectivity index (χ1n) is 6.66. The molecular formula is C13H28N2O2. The van der Waals surface area contributed by atoms with Crippen LogP contribution >= 0.6 is 0 Å². The van der Waals surface area contributed by atoms with Crippen molar-refractivity contribution in [3.63, 3.8) is 0 Å². The van der Waals surface area contributed by atoms with Crippen molar-refractivity contribution in [1.29, 1.82) is 0 Å². The number of nitrogens with two attached hydrogens (primary N) is 1. The van der Waals surface area contributed by atoms with E-state index in [1.165, 1.54) is 25.7 Å². The standard InChI is InChI=1S/C13H28N2O2/c1-16-10-8-15(9-11-17-2)7-6-13(12-14)4-3-5-13/h3-12,14H2,1-2H3. The average molecular weight is 244 g/mol. The lowest BCUT2D eigenvalue weighted by atomic mass is 9.66. The number of rotatable bonds is 10. The van der Waals surface area contributed by atoms with Gasteiger partial charge in [-0.3, -0.25) is 4.90 Å². The van der Waals surface area contributed by atoms with Gasteiger partial charge in [-0.05, 0) is 37.8 Å². The van der Waals surface area contributed by atoms with E-state index in [-0.39, 0.29) is 0 Å². The van der Waals surface area contributed by atoms with Crippen molar-refractivity contribution in [3.8, 4) is 0 Å². The molecule has 0 saturated heterocycles. The highest BCUT2D eigenvalue weighted by Gasteiger charge is 2.35. The Labute approximate surface area is 105 Å². The minimum Gasteiger partial charge on any atom is -0.383 e. The summed E-state index contributed by atoms with van der Waals surface area (Å²) in [4.78, 5) is 2.42. The normalized spacial score (nSPS) is 18.4. The Kier molecular flexibility index (Phi) is 7.04. The van der Waals surface area contributed by atoms with Gasteiger partial charge in [-0.15, -0.1) is 0 Å². The van der Waals surface area contributed by atoms with Gasteiger partial charge in [0.15, 0.2) is 0 Å². The van der Waals surface area contributed by atoms with Crippen LogP contribution in [-0.2, 0) is 9.47 Å². The fraction of sp³-hybridized carbons (Fsp3) is 1.00. The minimum atomic E-state index is 0.443. The van der Waals surface area contributed by atoms with Crippen molar-refractivity contribution in [2.45, 2.75) is 25.7 Å². The Morgan fingerprint density at radius 2 is 1.65 bits per heavy atom. The van der Waals surface area contributed by atoms with Gasteiger partial charge in [0.25, 0.3) is 0 Å². The van der Waals surface area contributed by atoms with E-state index in [0.717, 1.165) is 39.4 Å². The third-order valence-electron chi connectivity index (χ3n) is 4.03. The summed E-state index contributed by atoms with van der Waals surface area (Å²) < 4.78 is 10.3. The van der Waals surface area contributed by atoms with Crippen molar-refractivity contribution in [2.24, 2.45) is 11.1 Å². The van der Waals surface area contributed by atoms with Gasteiger partial charge < -0.3 is 15.2 Å². The highest BCUT2D eigenvalue weighted by atomic mass is 16.5. The number of methoxy groups -OCH3 is 2. The van der Waals surface area contributed by atoms with Gasteiger partial charge in [-0.2, -0.15) is 0 Å². The third-order valence-corrected chi connectivity index (χ3v) is 4.03. The molecular weight excluding hydrogens is 216 g/mol. The molecule has 1 rings (SSSR count). The lowest BCUT2D eigenvalue weighted by molar-refractivity contribution is 0.0770. The molecule has 0 amide bonds. The van der Waals surface area contributed by atoms with Crippen molar-refractivity contribution >= 4 is 0 Å². The molecule has 4 nitrogen and oxygen atoms in total. The lowest BCUT2D eigenvalue weighted by Crippen LogP contribution is -2.41. The largest absolute Gasteiger partial charge is 0.383 e. The Morgan fingerprint density at radius 3 is 2.00 bits per heavy atom. The second-order valence-electron chi connectivity index (χ2n) is 5.13. The van der Waals surface area contributed by atoms with Crippen molar-refractivity contribution in [3.05, 3.63) is 0 Å². The molecule has 0 aromatic rings. The Bertz CT molecular complexity index is 182. The molecule has 1 aliphatic carbocycles. The highest BCUT2D eigenvalue weighted by Crippen LogP contribution is 2.42. The predicted molar refractivity (Wildman–Crippen MR) is 70.1 cm³/mol. The molecule has 1 aliphatic rings. The summed E-state index contributed by atoms with van der Waals surface area (Å²) >= 11 is 0. The molecule has 17 heavy (non-hydrogen) atoms. The molecule has 0 radical (unpaired) electrons. The monoisotopic (exact) mass is 244 g/mol. The Morgan fingerprint density at radius 1 is 1.06 bits per heavy atom. The first kappa shape index (κ1) is 14.9. The van der Waals surface area contributed by atoms with Crippen LogP contribution in [0.15, 0.2) is 0 Å². The summed E-state index contributed by atoms with van der Waals surface area (Å²) in [6, 6.07) is 0. The van der Waals surface area contributed by atoms with Crippen LogP contribution in [0.1, 0.15) is 25.7 Å². The summed E-state index contributed by atoms with van der Waals surface area (Å²) in [5, 5.41) is 0. The quantitative estimate of drug-likeness (QED) is 0.625. The molecule has 0 atom stereocenters. The molecule has 0 aromatic heterocycles. The average Bonchev–Trinajstić information content (AvgIpc) is 2.30. The van der Waals surface area contributed by atoms with Crippen molar-refractivity contribution in [1.82, 2.24) is 4.90 Å². The maximum Gasteiger partial charge on any atom is 0.0589 e. The van der Waals surface area contributed by atoms with Gasteiger partial charge in [0.05, 0.1) is 13.2 Å². The van der Waals surface area contributed by atoms with Crippen LogP contribution in [0.2, 0.25) is 0 Å². The topological polar surface area (TPSA) is 47.7 Å². The molecule has 0 heterocycles. The maximum absolute atomic E-state index is 5.89. The first-order valence-corrected chi connectivity index (χ1v) is 6.66. The summed E-state index contributed by atoms with van der Waals surface area (Å²) in [7, 11) is 3.50. The second-order valence-corrected chi connectivity index (χ2v) is 5.13. The Hall–Kier alpha value is -0.160. The molecule has 0 aliphatic heterocycles. The third kappa shape index (κ3) is 4.92. The van der Waals surface area contributed by atoms with E-state index in [4.69, 9.17) is 15.2 Å². The molecule has 1 saturated carbocycles. The van der Waals surface area contributed by atoms with E-state index in [0.29, 0.717) is 5.41 Å². The van der Waals surface area contributed by atoms with E-state index < -0.39 is 0 Å². The number of hydrogen-bond donors (Lipinski definition) is 1. The number of ether oxygens (including phenoxy) is 2. The van der Waals surface area contributed by atoms with Crippen LogP contribution in [0, 0.1) is 5.41 Å². The van der Waals surface area contributed by atoms with Crippen LogP contribution in [0.4, 0.5) is 0 Å². The number of nitrogens with zero attached hydrogens (tertiary/aromatic N) is 1. The molecule has 0 unspecified atom stereocenters. The zero-order valence-corrected chi connectivity index (χ0v) is 11.4. The smallest absolute Gasteiger partial charge is 0.0589 e.